The van der Waals surface area contributed by atoms with E-state index in [1.54, 1.807) is 0 Å². The largest absolute Gasteiger partial charge is 0.355 e. The number of amides is 1. The lowest BCUT2D eigenvalue weighted by Gasteiger charge is -2.24. The number of hydrogen-bond donors (Lipinski definition) is 3. The number of nitrogens with one attached hydrogen (secondary N) is 2. The van der Waals surface area contributed by atoms with Gasteiger partial charge in [-0.1, -0.05) is 12.8 Å². The van der Waals surface area contributed by atoms with E-state index in [1.165, 1.54) is 25.7 Å². The van der Waals surface area contributed by atoms with Crippen LogP contribution in [0.5, 0.6) is 0 Å². The number of carbonyl (C=O) groups excluding carboxylic acids is 1. The molecule has 0 aromatic rings. The molecule has 3 atom stereocenters. The molecule has 7 heteroatoms. The van der Waals surface area contributed by atoms with E-state index >= 15 is 0 Å². The molecule has 0 aromatic heterocycles. The van der Waals surface area contributed by atoms with Crippen molar-refractivity contribution in [3.05, 3.63) is 0 Å². The highest BCUT2D eigenvalue weighted by Gasteiger charge is 2.37. The van der Waals surface area contributed by atoms with Crippen LogP contribution in [0.2, 0.25) is 0 Å². The lowest BCUT2D eigenvalue weighted by Crippen LogP contribution is -2.43. The molecule has 2 aliphatic rings. The molecule has 1 amide bonds. The Kier molecular flexibility index (Phi) is 4.81. The molecule has 0 bridgehead atoms. The molecule has 1 aliphatic carbocycles. The molecule has 6 nitrogen and oxygen atoms in total. The number of sulfonamides is 1. The number of carbonyl (C=O) groups is 1. The normalized spacial score (nSPS) is 30.9. The first-order valence-electron chi connectivity index (χ1n) is 7.00. The zero-order valence-corrected chi connectivity index (χ0v) is 11.9. The van der Waals surface area contributed by atoms with Gasteiger partial charge in [0.1, 0.15) is 0 Å². The van der Waals surface area contributed by atoms with Gasteiger partial charge in [0.2, 0.25) is 15.9 Å². The van der Waals surface area contributed by atoms with E-state index in [0.717, 1.165) is 6.42 Å². The van der Waals surface area contributed by atoms with E-state index in [1.807, 2.05) is 0 Å². The Bertz CT molecular complexity index is 410. The van der Waals surface area contributed by atoms with E-state index in [2.05, 4.69) is 10.6 Å². The number of nitrogens with two attached hydrogens (primary N) is 1. The zero-order chi connectivity index (χ0) is 13.9. The zero-order valence-electron chi connectivity index (χ0n) is 11.1. The van der Waals surface area contributed by atoms with Gasteiger partial charge in [0.05, 0.1) is 11.8 Å². The molecule has 0 radical (unpaired) electrons. The van der Waals surface area contributed by atoms with Crippen LogP contribution in [-0.2, 0) is 14.8 Å². The van der Waals surface area contributed by atoms with Crippen molar-refractivity contribution in [2.45, 2.75) is 50.6 Å². The number of rotatable bonds is 5. The molecule has 110 valence electrons. The summed E-state index contributed by atoms with van der Waals surface area (Å²) >= 11 is 0. The minimum Gasteiger partial charge on any atom is -0.355 e. The first kappa shape index (κ1) is 14.7. The van der Waals surface area contributed by atoms with Crippen molar-refractivity contribution in [1.82, 2.24) is 10.6 Å². The van der Waals surface area contributed by atoms with Crippen molar-refractivity contribution in [3.8, 4) is 0 Å². The van der Waals surface area contributed by atoms with Crippen LogP contribution in [-0.4, -0.2) is 38.7 Å². The third kappa shape index (κ3) is 4.43. The van der Waals surface area contributed by atoms with Crippen molar-refractivity contribution in [3.63, 3.8) is 0 Å². The van der Waals surface area contributed by atoms with Gasteiger partial charge in [0, 0.05) is 12.6 Å². The summed E-state index contributed by atoms with van der Waals surface area (Å²) in [6, 6.07) is 0.386. The van der Waals surface area contributed by atoms with Gasteiger partial charge < -0.3 is 10.6 Å². The minimum absolute atomic E-state index is 0.0104. The lowest BCUT2D eigenvalue weighted by molar-refractivity contribution is -0.122. The van der Waals surface area contributed by atoms with Gasteiger partial charge in [-0.25, -0.2) is 13.6 Å². The van der Waals surface area contributed by atoms with Gasteiger partial charge in [-0.3, -0.25) is 4.79 Å². The molecule has 2 rings (SSSR count). The highest BCUT2D eigenvalue weighted by Crippen LogP contribution is 2.33. The molecule has 1 aliphatic heterocycles. The van der Waals surface area contributed by atoms with Crippen LogP contribution < -0.4 is 15.8 Å². The SMILES string of the molecule is NS(=O)(=O)CCCNC(=O)C1CC2CCCCC2N1. The quantitative estimate of drug-likeness (QED) is 0.605. The number of primary sulfonamides is 1. The van der Waals surface area contributed by atoms with E-state index in [0.29, 0.717) is 24.9 Å². The van der Waals surface area contributed by atoms with Gasteiger partial charge >= 0.3 is 0 Å². The Balaban J connectivity index is 1.69. The fourth-order valence-corrected chi connectivity index (χ4v) is 3.68. The van der Waals surface area contributed by atoms with Crippen LogP contribution in [0.1, 0.15) is 38.5 Å². The van der Waals surface area contributed by atoms with Crippen molar-refractivity contribution >= 4 is 15.9 Å². The molecule has 1 saturated heterocycles. The predicted octanol–water partition coefficient (Wildman–Crippen LogP) is -0.298. The summed E-state index contributed by atoms with van der Waals surface area (Å²) < 4.78 is 21.5. The maximum absolute atomic E-state index is 12.0. The van der Waals surface area contributed by atoms with E-state index in [-0.39, 0.29) is 17.7 Å². The molecule has 1 heterocycles. The smallest absolute Gasteiger partial charge is 0.237 e. The highest BCUT2D eigenvalue weighted by molar-refractivity contribution is 7.89. The predicted molar refractivity (Wildman–Crippen MR) is 72.9 cm³/mol. The maximum Gasteiger partial charge on any atom is 0.237 e. The first-order chi connectivity index (χ1) is 8.96. The summed E-state index contributed by atoms with van der Waals surface area (Å²) in [6.07, 6.45) is 6.17. The Labute approximate surface area is 114 Å². The van der Waals surface area contributed by atoms with Gasteiger partial charge in [0.25, 0.3) is 0 Å². The average Bonchev–Trinajstić information content (AvgIpc) is 2.77. The summed E-state index contributed by atoms with van der Waals surface area (Å²) in [5.74, 6) is 0.536. The van der Waals surface area contributed by atoms with Crippen LogP contribution >= 0.6 is 0 Å². The highest BCUT2D eigenvalue weighted by atomic mass is 32.2. The van der Waals surface area contributed by atoms with Crippen LogP contribution in [0.25, 0.3) is 0 Å². The van der Waals surface area contributed by atoms with Gasteiger partial charge in [-0.2, -0.15) is 0 Å². The topological polar surface area (TPSA) is 101 Å². The molecule has 4 N–H and O–H groups in total. The molecule has 1 saturated carbocycles. The van der Waals surface area contributed by atoms with Crippen LogP contribution in [0.15, 0.2) is 0 Å². The molecule has 0 aromatic carbocycles. The van der Waals surface area contributed by atoms with E-state index in [9.17, 15) is 13.2 Å². The third-order valence-electron chi connectivity index (χ3n) is 4.08. The fourth-order valence-electron chi connectivity index (χ4n) is 3.13. The van der Waals surface area contributed by atoms with E-state index in [4.69, 9.17) is 5.14 Å². The Morgan fingerprint density at radius 1 is 1.32 bits per heavy atom. The van der Waals surface area contributed by atoms with Crippen molar-refractivity contribution in [2.24, 2.45) is 11.1 Å². The second kappa shape index (κ2) is 6.19. The lowest BCUT2D eigenvalue weighted by atomic mass is 9.85. The van der Waals surface area contributed by atoms with Crippen molar-refractivity contribution in [2.75, 3.05) is 12.3 Å². The molecule has 2 fully saturated rings. The summed E-state index contributed by atoms with van der Waals surface area (Å²) in [6.45, 7) is 0.364. The van der Waals surface area contributed by atoms with Crippen molar-refractivity contribution in [1.29, 1.82) is 0 Å². The second-order valence-electron chi connectivity index (χ2n) is 5.62. The number of hydrogen-bond acceptors (Lipinski definition) is 4. The molecular formula is C12H23N3O3S. The molecular weight excluding hydrogens is 266 g/mol. The molecule has 19 heavy (non-hydrogen) atoms. The Morgan fingerprint density at radius 2 is 2.05 bits per heavy atom. The minimum atomic E-state index is -3.43. The third-order valence-corrected chi connectivity index (χ3v) is 4.94. The second-order valence-corrected chi connectivity index (χ2v) is 7.35. The van der Waals surface area contributed by atoms with Crippen LogP contribution in [0, 0.1) is 5.92 Å². The molecule has 0 spiro atoms. The van der Waals surface area contributed by atoms with Crippen LogP contribution in [0.4, 0.5) is 0 Å². The number of fused-ring (bicyclic) bond motifs is 1. The summed E-state index contributed by atoms with van der Waals surface area (Å²) in [7, 11) is -3.43. The van der Waals surface area contributed by atoms with Crippen molar-refractivity contribution < 1.29 is 13.2 Å². The summed E-state index contributed by atoms with van der Waals surface area (Å²) in [5.41, 5.74) is 0. The fraction of sp³-hybridized carbons (Fsp3) is 0.917. The van der Waals surface area contributed by atoms with Gasteiger partial charge in [-0.15, -0.1) is 0 Å². The average molecular weight is 289 g/mol. The standard InChI is InChI=1S/C12H23N3O3S/c13-19(17,18)7-3-6-14-12(16)11-8-9-4-1-2-5-10(9)15-11/h9-11,15H,1-8H2,(H,14,16)(H2,13,17,18). The van der Waals surface area contributed by atoms with Crippen LogP contribution in [0.3, 0.4) is 0 Å². The van der Waals surface area contributed by atoms with Gasteiger partial charge in [0.15, 0.2) is 0 Å². The maximum atomic E-state index is 12.0. The summed E-state index contributed by atoms with van der Waals surface area (Å²) in [4.78, 5) is 12.0. The molecule has 3 unspecified atom stereocenters. The van der Waals surface area contributed by atoms with E-state index < -0.39 is 10.0 Å². The Morgan fingerprint density at radius 3 is 2.74 bits per heavy atom. The Hall–Kier alpha value is -0.660. The summed E-state index contributed by atoms with van der Waals surface area (Å²) in [5, 5.41) is 11.1. The first-order valence-corrected chi connectivity index (χ1v) is 8.71. The van der Waals surface area contributed by atoms with Gasteiger partial charge in [-0.05, 0) is 31.6 Å². The monoisotopic (exact) mass is 289 g/mol.